The molecular weight excluding hydrogens is 596 g/mol. The molecule has 5 rings (SSSR count). The number of carbonyl (C=O) groups is 1. The number of amides is 1. The van der Waals surface area contributed by atoms with E-state index < -0.39 is 35.9 Å². The molecule has 0 unspecified atom stereocenters. The summed E-state index contributed by atoms with van der Waals surface area (Å²) in [7, 11) is 2.00. The lowest BCUT2D eigenvalue weighted by Crippen LogP contribution is -2.65. The summed E-state index contributed by atoms with van der Waals surface area (Å²) < 4.78 is 6.17. The Morgan fingerprint density at radius 2 is 1.74 bits per heavy atom. The first-order chi connectivity index (χ1) is 19.7. The highest BCUT2D eigenvalue weighted by molar-refractivity contribution is 8.00. The zero-order valence-electron chi connectivity index (χ0n) is 24.3. The molecule has 3 heterocycles. The lowest BCUT2D eigenvalue weighted by atomic mass is 9.86. The van der Waals surface area contributed by atoms with Gasteiger partial charge in [0.05, 0.1) is 12.1 Å². The molecule has 2 aromatic rings. The van der Waals surface area contributed by atoms with Crippen molar-refractivity contribution in [1.29, 1.82) is 0 Å². The van der Waals surface area contributed by atoms with Crippen LogP contribution in [0.3, 0.4) is 0 Å². The molecule has 2 saturated heterocycles. The zero-order chi connectivity index (χ0) is 29.1. The Labute approximate surface area is 263 Å². The van der Waals surface area contributed by atoms with Gasteiger partial charge in [-0.15, -0.1) is 35.9 Å². The van der Waals surface area contributed by atoms with Gasteiger partial charge in [0.2, 0.25) is 5.91 Å². The van der Waals surface area contributed by atoms with E-state index in [1.807, 2.05) is 38.2 Å². The van der Waals surface area contributed by atoms with Gasteiger partial charge in [0.25, 0.3) is 0 Å². The SMILES string of the molecule is CS[C@H]1O[C@H]([C@H](NC(=O)[C@@H]2C[C@H](CC3CC3)CCN2C)[C@H](C)Sc2ccc(-c3cncnc3)cc2)[C@H](O)[C@H](O)[C@H]1O.Cl. The van der Waals surface area contributed by atoms with Gasteiger partial charge in [0, 0.05) is 28.1 Å². The Kier molecular flexibility index (Phi) is 12.0. The monoisotopic (exact) mass is 638 g/mol. The molecule has 1 aliphatic carbocycles. The fraction of sp³-hybridized carbons (Fsp3) is 0.633. The minimum absolute atomic E-state index is 0. The molecule has 0 radical (unpaired) electrons. The van der Waals surface area contributed by atoms with E-state index >= 15 is 0 Å². The number of ether oxygens (including phenoxy) is 1. The minimum atomic E-state index is -1.38. The number of likely N-dealkylation sites (tertiary alicyclic amines) is 1. The summed E-state index contributed by atoms with van der Waals surface area (Å²) in [6.45, 7) is 2.88. The van der Waals surface area contributed by atoms with Gasteiger partial charge >= 0.3 is 0 Å². The molecular formula is C30H43ClN4O5S2. The number of aromatic nitrogens is 2. The van der Waals surface area contributed by atoms with Crippen LogP contribution in [-0.4, -0.2) is 103 Å². The van der Waals surface area contributed by atoms with Gasteiger partial charge in [-0.05, 0) is 68.6 Å². The number of piperidine rings is 1. The highest BCUT2D eigenvalue weighted by Crippen LogP contribution is 2.39. The predicted molar refractivity (Wildman–Crippen MR) is 169 cm³/mol. The average Bonchev–Trinajstić information content (AvgIpc) is 3.81. The molecule has 0 bridgehead atoms. The predicted octanol–water partition coefficient (Wildman–Crippen LogP) is 3.21. The van der Waals surface area contributed by atoms with Gasteiger partial charge in [-0.2, -0.15) is 0 Å². The molecule has 1 aromatic carbocycles. The third-order valence-electron chi connectivity index (χ3n) is 8.72. The Balaban J connectivity index is 0.00000405. The number of hydrogen-bond acceptors (Lipinski definition) is 10. The van der Waals surface area contributed by atoms with E-state index in [9.17, 15) is 20.1 Å². The average molecular weight is 639 g/mol. The second-order valence-electron chi connectivity index (χ2n) is 11.8. The zero-order valence-corrected chi connectivity index (χ0v) is 26.7. The van der Waals surface area contributed by atoms with Crippen molar-refractivity contribution >= 4 is 41.8 Å². The number of thioether (sulfide) groups is 2. The van der Waals surface area contributed by atoms with Crippen molar-refractivity contribution in [3.8, 4) is 11.1 Å². The van der Waals surface area contributed by atoms with E-state index in [1.165, 1.54) is 37.4 Å². The molecule has 4 N–H and O–H groups in total. The standard InChI is InChI=1S/C30H42N4O5S2.ClH/c1-17(41-22-8-6-20(7-9-22)21-14-31-16-32-15-21)24(28-26(36)25(35)27(37)30(39-28)40-3)33-29(38)23-13-19(10-11-34(23)2)12-18-4-5-18;/h6-9,14-19,23-28,30,35-37H,4-5,10-13H2,1-3H3,(H,33,38);1H/t17-,19-,23-,24+,25-,26+,27+,28+,30+;/m0./s1. The molecule has 1 amide bonds. The van der Waals surface area contributed by atoms with Crippen LogP contribution >= 0.6 is 35.9 Å². The lowest BCUT2D eigenvalue weighted by Gasteiger charge is -2.45. The number of aliphatic hydroxyl groups excluding tert-OH is 3. The number of carbonyl (C=O) groups excluding carboxylic acids is 1. The number of rotatable bonds is 10. The lowest BCUT2D eigenvalue weighted by molar-refractivity contribution is -0.205. The van der Waals surface area contributed by atoms with Crippen molar-refractivity contribution in [2.24, 2.45) is 11.8 Å². The van der Waals surface area contributed by atoms with Gasteiger partial charge in [-0.1, -0.05) is 31.9 Å². The first-order valence-corrected chi connectivity index (χ1v) is 16.7. The van der Waals surface area contributed by atoms with E-state index in [4.69, 9.17) is 4.74 Å². The fourth-order valence-corrected chi connectivity index (χ4v) is 7.83. The van der Waals surface area contributed by atoms with Crippen LogP contribution in [0.4, 0.5) is 0 Å². The van der Waals surface area contributed by atoms with Crippen LogP contribution in [0.25, 0.3) is 11.1 Å². The number of likely N-dealkylation sites (N-methyl/N-ethyl adjacent to an activating group) is 1. The maximum Gasteiger partial charge on any atom is 0.237 e. The fourth-order valence-electron chi connectivity index (χ4n) is 6.06. The second kappa shape index (κ2) is 15.0. The summed E-state index contributed by atoms with van der Waals surface area (Å²) in [5, 5.41) is 35.2. The van der Waals surface area contributed by atoms with E-state index in [-0.39, 0.29) is 29.6 Å². The summed E-state index contributed by atoms with van der Waals surface area (Å²) >= 11 is 2.84. The quantitative estimate of drug-likeness (QED) is 0.288. The van der Waals surface area contributed by atoms with Crippen LogP contribution in [-0.2, 0) is 9.53 Å². The minimum Gasteiger partial charge on any atom is -0.388 e. The molecule has 9 atom stereocenters. The third-order valence-corrected chi connectivity index (χ3v) is 10.8. The van der Waals surface area contributed by atoms with Crippen molar-refractivity contribution in [3.63, 3.8) is 0 Å². The summed E-state index contributed by atoms with van der Waals surface area (Å²) in [6.07, 6.45) is 7.72. The van der Waals surface area contributed by atoms with Gasteiger partial charge in [0.1, 0.15) is 36.2 Å². The van der Waals surface area contributed by atoms with Crippen LogP contribution < -0.4 is 5.32 Å². The molecule has 3 aliphatic rings. The van der Waals surface area contributed by atoms with Crippen molar-refractivity contribution < 1.29 is 24.9 Å². The molecule has 1 aromatic heterocycles. The number of hydrogen-bond donors (Lipinski definition) is 4. The van der Waals surface area contributed by atoms with Crippen LogP contribution in [0.15, 0.2) is 47.9 Å². The van der Waals surface area contributed by atoms with Crippen molar-refractivity contribution in [3.05, 3.63) is 43.0 Å². The van der Waals surface area contributed by atoms with Crippen molar-refractivity contribution in [2.45, 2.75) is 91.1 Å². The number of nitrogens with zero attached hydrogens (tertiary/aromatic N) is 3. The molecule has 232 valence electrons. The van der Waals surface area contributed by atoms with Gasteiger partial charge in [-0.3, -0.25) is 9.69 Å². The van der Waals surface area contributed by atoms with Crippen LogP contribution in [0, 0.1) is 11.8 Å². The highest BCUT2D eigenvalue weighted by Gasteiger charge is 2.48. The molecule has 42 heavy (non-hydrogen) atoms. The van der Waals surface area contributed by atoms with E-state index in [0.717, 1.165) is 41.3 Å². The normalized spacial score (nSPS) is 31.5. The molecule has 9 nitrogen and oxygen atoms in total. The molecule has 2 aliphatic heterocycles. The molecule has 0 spiro atoms. The second-order valence-corrected chi connectivity index (χ2v) is 14.1. The number of benzene rings is 1. The Morgan fingerprint density at radius 1 is 1.05 bits per heavy atom. The van der Waals surface area contributed by atoms with Gasteiger partial charge in [-0.25, -0.2) is 9.97 Å². The maximum atomic E-state index is 13.8. The first kappa shape index (κ1) is 33.5. The van der Waals surface area contributed by atoms with Crippen LogP contribution in [0.5, 0.6) is 0 Å². The molecule has 3 fully saturated rings. The Bertz CT molecular complexity index is 1150. The summed E-state index contributed by atoms with van der Waals surface area (Å²) in [5.41, 5.74) is 1.20. The smallest absolute Gasteiger partial charge is 0.237 e. The van der Waals surface area contributed by atoms with Crippen LogP contribution in [0.2, 0.25) is 0 Å². The van der Waals surface area contributed by atoms with E-state index in [1.54, 1.807) is 30.4 Å². The number of aliphatic hydroxyl groups is 3. The summed E-state index contributed by atoms with van der Waals surface area (Å²) in [4.78, 5) is 25.1. The number of nitrogens with one attached hydrogen (secondary N) is 1. The molecule has 1 saturated carbocycles. The first-order valence-electron chi connectivity index (χ1n) is 14.5. The highest BCUT2D eigenvalue weighted by atomic mass is 35.5. The largest absolute Gasteiger partial charge is 0.388 e. The third kappa shape index (κ3) is 7.98. The topological polar surface area (TPSA) is 128 Å². The van der Waals surface area contributed by atoms with Crippen LogP contribution in [0.1, 0.15) is 39.0 Å². The summed E-state index contributed by atoms with van der Waals surface area (Å²) in [6, 6.07) is 7.18. The van der Waals surface area contributed by atoms with E-state index in [0.29, 0.717) is 5.92 Å². The Hall–Kier alpha value is -1.44. The summed E-state index contributed by atoms with van der Waals surface area (Å²) in [5.74, 6) is 1.28. The molecule has 12 heteroatoms. The van der Waals surface area contributed by atoms with Gasteiger partial charge < -0.3 is 25.4 Å². The van der Waals surface area contributed by atoms with E-state index in [2.05, 4.69) is 20.2 Å². The van der Waals surface area contributed by atoms with Crippen molar-refractivity contribution in [1.82, 2.24) is 20.2 Å². The maximum absolute atomic E-state index is 13.8. The van der Waals surface area contributed by atoms with Crippen molar-refractivity contribution in [2.75, 3.05) is 19.8 Å². The van der Waals surface area contributed by atoms with Gasteiger partial charge in [0.15, 0.2) is 0 Å². The Morgan fingerprint density at radius 3 is 2.38 bits per heavy atom. The number of halogens is 1.